The Bertz CT molecular complexity index is 516. The van der Waals surface area contributed by atoms with Gasteiger partial charge in [-0.1, -0.05) is 22.6 Å². The average molecular weight is 356 g/mol. The van der Waals surface area contributed by atoms with Gasteiger partial charge in [0.2, 0.25) is 0 Å². The molecule has 4 atom stereocenters. The van der Waals surface area contributed by atoms with Crippen LogP contribution in [0.2, 0.25) is 0 Å². The van der Waals surface area contributed by atoms with Crippen molar-refractivity contribution in [1.29, 1.82) is 0 Å². The van der Waals surface area contributed by atoms with Crippen molar-refractivity contribution in [3.8, 4) is 0 Å². The fraction of sp³-hybridized carbons (Fsp3) is 0.556. The molecule has 8 heteroatoms. The SMILES string of the molecule is O=c1ccn([C@@H]2O[C@@H](CI)[C@@H](O)[C@H]2F)c(=O)[nH]1. The van der Waals surface area contributed by atoms with Crippen LogP contribution in [-0.2, 0) is 4.74 Å². The summed E-state index contributed by atoms with van der Waals surface area (Å²) in [4.78, 5) is 24.3. The van der Waals surface area contributed by atoms with Crippen LogP contribution in [0, 0.1) is 0 Å². The number of hydrogen-bond acceptors (Lipinski definition) is 4. The molecule has 6 nitrogen and oxygen atoms in total. The number of alkyl halides is 2. The summed E-state index contributed by atoms with van der Waals surface area (Å²) in [5.74, 6) is 0. The van der Waals surface area contributed by atoms with Gasteiger partial charge in [-0.3, -0.25) is 14.3 Å². The summed E-state index contributed by atoms with van der Waals surface area (Å²) in [6, 6.07) is 1.10. The fourth-order valence-corrected chi connectivity index (χ4v) is 2.41. The number of aromatic amines is 1. The number of aromatic nitrogens is 2. The van der Waals surface area contributed by atoms with E-state index in [0.717, 1.165) is 16.8 Å². The van der Waals surface area contributed by atoms with E-state index in [9.17, 15) is 19.1 Å². The Balaban J connectivity index is 2.35. The van der Waals surface area contributed by atoms with Crippen molar-refractivity contribution in [2.75, 3.05) is 4.43 Å². The molecule has 2 N–H and O–H groups in total. The highest BCUT2D eigenvalue weighted by Gasteiger charge is 2.44. The second-order valence-corrected chi connectivity index (χ2v) is 4.55. The zero-order valence-corrected chi connectivity index (χ0v) is 10.7. The molecule has 0 aromatic carbocycles. The van der Waals surface area contributed by atoms with Crippen LogP contribution in [-0.4, -0.2) is 37.5 Å². The lowest BCUT2D eigenvalue weighted by Gasteiger charge is -2.15. The fourth-order valence-electron chi connectivity index (χ4n) is 1.68. The molecular formula is C9H10FIN2O4. The summed E-state index contributed by atoms with van der Waals surface area (Å²) in [7, 11) is 0. The van der Waals surface area contributed by atoms with Gasteiger partial charge in [-0.2, -0.15) is 0 Å². The maximum Gasteiger partial charge on any atom is 0.330 e. The first-order valence-electron chi connectivity index (χ1n) is 4.89. The summed E-state index contributed by atoms with van der Waals surface area (Å²) in [5, 5.41) is 9.54. The summed E-state index contributed by atoms with van der Waals surface area (Å²) in [6.45, 7) is 0. The first kappa shape index (κ1) is 12.7. The highest BCUT2D eigenvalue weighted by molar-refractivity contribution is 14.1. The van der Waals surface area contributed by atoms with Crippen LogP contribution < -0.4 is 11.2 Å². The van der Waals surface area contributed by atoms with Crippen molar-refractivity contribution >= 4 is 22.6 Å². The van der Waals surface area contributed by atoms with Gasteiger partial charge < -0.3 is 9.84 Å². The highest BCUT2D eigenvalue weighted by atomic mass is 127. The smallest absolute Gasteiger partial charge is 0.330 e. The molecule has 0 unspecified atom stereocenters. The third kappa shape index (κ3) is 2.29. The summed E-state index contributed by atoms with van der Waals surface area (Å²) in [6.07, 6.45) is -3.67. The number of halogens is 2. The van der Waals surface area contributed by atoms with Gasteiger partial charge in [0.05, 0.1) is 6.10 Å². The lowest BCUT2D eigenvalue weighted by Crippen LogP contribution is -2.35. The number of aliphatic hydroxyl groups is 1. The van der Waals surface area contributed by atoms with Gasteiger partial charge in [0.25, 0.3) is 5.56 Å². The van der Waals surface area contributed by atoms with E-state index in [1.165, 1.54) is 0 Å². The molecule has 1 aromatic rings. The Labute approximate surface area is 109 Å². The molecule has 2 rings (SSSR count). The largest absolute Gasteiger partial charge is 0.387 e. The topological polar surface area (TPSA) is 84.3 Å². The predicted molar refractivity (Wildman–Crippen MR) is 65.0 cm³/mol. The van der Waals surface area contributed by atoms with Gasteiger partial charge in [-0.05, 0) is 0 Å². The van der Waals surface area contributed by atoms with E-state index >= 15 is 0 Å². The number of H-pyrrole nitrogens is 1. The van der Waals surface area contributed by atoms with E-state index < -0.39 is 35.9 Å². The Hall–Kier alpha value is -0.740. The Morgan fingerprint density at radius 2 is 2.29 bits per heavy atom. The molecule has 1 saturated heterocycles. The van der Waals surface area contributed by atoms with Gasteiger partial charge in [0, 0.05) is 16.7 Å². The summed E-state index contributed by atoms with van der Waals surface area (Å²) in [5.41, 5.74) is -1.32. The standard InChI is InChI=1S/C9H10FIN2O4/c10-6-7(15)4(3-11)17-8(6)13-2-1-5(14)12-9(13)16/h1-2,4,6-8,15H,3H2,(H,12,14,16)/t4-,6+,7+,8+/m0/s1. The molecular weight excluding hydrogens is 346 g/mol. The van der Waals surface area contributed by atoms with Crippen LogP contribution >= 0.6 is 22.6 Å². The van der Waals surface area contributed by atoms with Gasteiger partial charge in [0.15, 0.2) is 12.4 Å². The zero-order valence-electron chi connectivity index (χ0n) is 8.55. The first-order chi connectivity index (χ1) is 8.04. The highest BCUT2D eigenvalue weighted by Crippen LogP contribution is 2.31. The van der Waals surface area contributed by atoms with E-state index in [0.29, 0.717) is 4.43 Å². The number of hydrogen-bond donors (Lipinski definition) is 2. The summed E-state index contributed by atoms with van der Waals surface area (Å²) >= 11 is 1.96. The maximum atomic E-state index is 13.8. The van der Waals surface area contributed by atoms with E-state index in [1.807, 2.05) is 27.6 Å². The maximum absolute atomic E-state index is 13.8. The second-order valence-electron chi connectivity index (χ2n) is 3.67. The number of aliphatic hydroxyl groups excluding tert-OH is 1. The minimum Gasteiger partial charge on any atom is -0.387 e. The third-order valence-corrected chi connectivity index (χ3v) is 3.44. The van der Waals surface area contributed by atoms with Gasteiger partial charge in [-0.25, -0.2) is 9.18 Å². The van der Waals surface area contributed by atoms with Crippen LogP contribution in [0.5, 0.6) is 0 Å². The molecule has 0 aliphatic carbocycles. The quantitative estimate of drug-likeness (QED) is 0.556. The number of nitrogens with zero attached hydrogens (tertiary/aromatic N) is 1. The molecule has 17 heavy (non-hydrogen) atoms. The van der Waals surface area contributed by atoms with Crippen LogP contribution in [0.1, 0.15) is 6.23 Å². The van der Waals surface area contributed by atoms with Crippen molar-refractivity contribution in [3.05, 3.63) is 33.1 Å². The van der Waals surface area contributed by atoms with Crippen molar-refractivity contribution in [1.82, 2.24) is 9.55 Å². The Kier molecular flexibility index (Phi) is 3.64. The number of nitrogens with one attached hydrogen (secondary N) is 1. The molecule has 1 aliphatic rings. The molecule has 94 valence electrons. The van der Waals surface area contributed by atoms with E-state index in [4.69, 9.17) is 4.74 Å². The van der Waals surface area contributed by atoms with Gasteiger partial charge >= 0.3 is 5.69 Å². The van der Waals surface area contributed by atoms with E-state index in [2.05, 4.69) is 0 Å². The van der Waals surface area contributed by atoms with E-state index in [-0.39, 0.29) is 0 Å². The van der Waals surface area contributed by atoms with Crippen molar-refractivity contribution < 1.29 is 14.2 Å². The Morgan fingerprint density at radius 1 is 1.59 bits per heavy atom. The normalized spacial score (nSPS) is 32.9. The summed E-state index contributed by atoms with van der Waals surface area (Å²) < 4.78 is 20.3. The molecule has 1 aromatic heterocycles. The average Bonchev–Trinajstić information content (AvgIpc) is 2.57. The molecule has 2 heterocycles. The molecule has 1 aliphatic heterocycles. The minimum absolute atomic E-state index is 0.411. The predicted octanol–water partition coefficient (Wildman–Crippen LogP) is -0.432. The van der Waals surface area contributed by atoms with Crippen LogP contribution in [0.3, 0.4) is 0 Å². The second kappa shape index (κ2) is 4.86. The molecule has 0 radical (unpaired) electrons. The molecule has 0 saturated carbocycles. The van der Waals surface area contributed by atoms with Crippen LogP contribution in [0.4, 0.5) is 4.39 Å². The van der Waals surface area contributed by atoms with Crippen molar-refractivity contribution in [3.63, 3.8) is 0 Å². The Morgan fingerprint density at radius 3 is 2.82 bits per heavy atom. The number of rotatable bonds is 2. The lowest BCUT2D eigenvalue weighted by molar-refractivity contribution is -0.0153. The van der Waals surface area contributed by atoms with Crippen LogP contribution in [0.25, 0.3) is 0 Å². The molecule has 1 fully saturated rings. The monoisotopic (exact) mass is 356 g/mol. The zero-order chi connectivity index (χ0) is 12.6. The van der Waals surface area contributed by atoms with Gasteiger partial charge in [-0.15, -0.1) is 0 Å². The molecule has 0 amide bonds. The van der Waals surface area contributed by atoms with Crippen molar-refractivity contribution in [2.45, 2.75) is 24.6 Å². The van der Waals surface area contributed by atoms with E-state index in [1.54, 1.807) is 0 Å². The minimum atomic E-state index is -1.70. The van der Waals surface area contributed by atoms with Crippen LogP contribution in [0.15, 0.2) is 21.9 Å². The molecule has 0 bridgehead atoms. The lowest BCUT2D eigenvalue weighted by atomic mass is 10.2. The number of ether oxygens (including phenoxy) is 1. The van der Waals surface area contributed by atoms with Crippen molar-refractivity contribution in [2.24, 2.45) is 0 Å². The first-order valence-corrected chi connectivity index (χ1v) is 6.42. The molecule has 0 spiro atoms. The third-order valence-electron chi connectivity index (χ3n) is 2.57. The van der Waals surface area contributed by atoms with Gasteiger partial charge in [0.1, 0.15) is 6.10 Å².